The van der Waals surface area contributed by atoms with Gasteiger partial charge >= 0.3 is 0 Å². The van der Waals surface area contributed by atoms with Gasteiger partial charge in [-0.1, -0.05) is 18.2 Å². The maximum absolute atomic E-state index is 11.8. The first kappa shape index (κ1) is 13.0. The molecule has 1 amide bonds. The van der Waals surface area contributed by atoms with Gasteiger partial charge in [0.1, 0.15) is 11.5 Å². The molecule has 0 atom stereocenters. The standard InChI is InChI=1S/C15H16N2O2/c1-10-5-3-4-6-13(10)19-14-9-11(16)7-8-12(14)15(18)17-2/h3-9H,16H2,1-2H3,(H,17,18). The van der Waals surface area contributed by atoms with Crippen molar-refractivity contribution in [1.82, 2.24) is 5.32 Å². The van der Waals surface area contributed by atoms with Crippen LogP contribution in [0.25, 0.3) is 0 Å². The van der Waals surface area contributed by atoms with Gasteiger partial charge in [0.15, 0.2) is 0 Å². The van der Waals surface area contributed by atoms with E-state index in [1.54, 1.807) is 25.2 Å². The highest BCUT2D eigenvalue weighted by atomic mass is 16.5. The second kappa shape index (κ2) is 5.44. The van der Waals surface area contributed by atoms with E-state index in [0.717, 1.165) is 5.56 Å². The van der Waals surface area contributed by atoms with Crippen LogP contribution in [0.4, 0.5) is 5.69 Å². The van der Waals surface area contributed by atoms with Gasteiger partial charge in [-0.15, -0.1) is 0 Å². The molecule has 0 aliphatic heterocycles. The lowest BCUT2D eigenvalue weighted by Gasteiger charge is -2.12. The van der Waals surface area contributed by atoms with Crippen LogP contribution in [-0.2, 0) is 0 Å². The molecule has 0 heterocycles. The first-order valence-corrected chi connectivity index (χ1v) is 5.97. The summed E-state index contributed by atoms with van der Waals surface area (Å²) in [6, 6.07) is 12.6. The molecule has 0 aromatic heterocycles. The zero-order valence-electron chi connectivity index (χ0n) is 10.9. The van der Waals surface area contributed by atoms with Gasteiger partial charge in [-0.05, 0) is 30.7 Å². The summed E-state index contributed by atoms with van der Waals surface area (Å²) in [5.41, 5.74) is 7.75. The third kappa shape index (κ3) is 2.85. The number of carbonyl (C=O) groups excluding carboxylic acids is 1. The summed E-state index contributed by atoms with van der Waals surface area (Å²) in [6.45, 7) is 1.95. The van der Waals surface area contributed by atoms with E-state index in [2.05, 4.69) is 5.32 Å². The minimum Gasteiger partial charge on any atom is -0.456 e. The third-order valence-corrected chi connectivity index (χ3v) is 2.79. The Morgan fingerprint density at radius 3 is 2.58 bits per heavy atom. The van der Waals surface area contributed by atoms with Crippen LogP contribution >= 0.6 is 0 Å². The number of nitrogens with one attached hydrogen (secondary N) is 1. The number of nitrogens with two attached hydrogens (primary N) is 1. The fraction of sp³-hybridized carbons (Fsp3) is 0.133. The van der Waals surface area contributed by atoms with Crippen molar-refractivity contribution in [1.29, 1.82) is 0 Å². The van der Waals surface area contributed by atoms with Crippen molar-refractivity contribution in [2.75, 3.05) is 12.8 Å². The highest BCUT2D eigenvalue weighted by molar-refractivity contribution is 5.97. The van der Waals surface area contributed by atoms with Crippen LogP contribution in [0, 0.1) is 6.92 Å². The van der Waals surface area contributed by atoms with Crippen LogP contribution in [0.5, 0.6) is 11.5 Å². The monoisotopic (exact) mass is 256 g/mol. The van der Waals surface area contributed by atoms with Gasteiger partial charge in [0.2, 0.25) is 0 Å². The average Bonchev–Trinajstić information content (AvgIpc) is 2.41. The molecule has 0 aliphatic carbocycles. The van der Waals surface area contributed by atoms with Gasteiger partial charge in [-0.3, -0.25) is 4.79 Å². The van der Waals surface area contributed by atoms with Crippen molar-refractivity contribution < 1.29 is 9.53 Å². The first-order chi connectivity index (χ1) is 9.11. The van der Waals surface area contributed by atoms with Crippen molar-refractivity contribution in [3.05, 3.63) is 53.6 Å². The molecule has 0 aliphatic rings. The van der Waals surface area contributed by atoms with E-state index < -0.39 is 0 Å². The highest BCUT2D eigenvalue weighted by Gasteiger charge is 2.13. The van der Waals surface area contributed by atoms with Crippen LogP contribution < -0.4 is 15.8 Å². The summed E-state index contributed by atoms with van der Waals surface area (Å²) in [5.74, 6) is 0.954. The Hall–Kier alpha value is -2.49. The van der Waals surface area contributed by atoms with Gasteiger partial charge in [0.05, 0.1) is 5.56 Å². The predicted octanol–water partition coefficient (Wildman–Crippen LogP) is 2.73. The Morgan fingerprint density at radius 1 is 1.16 bits per heavy atom. The molecule has 98 valence electrons. The van der Waals surface area contributed by atoms with Crippen LogP contribution in [0.3, 0.4) is 0 Å². The molecule has 0 radical (unpaired) electrons. The molecule has 2 aromatic carbocycles. The summed E-state index contributed by atoms with van der Waals surface area (Å²) in [5, 5.41) is 2.58. The second-order valence-electron chi connectivity index (χ2n) is 4.20. The smallest absolute Gasteiger partial charge is 0.254 e. The summed E-state index contributed by atoms with van der Waals surface area (Å²) < 4.78 is 5.80. The molecule has 2 rings (SSSR count). The molecule has 2 aromatic rings. The van der Waals surface area contributed by atoms with Crippen LogP contribution in [0.15, 0.2) is 42.5 Å². The number of anilines is 1. The number of hydrogen-bond acceptors (Lipinski definition) is 3. The minimum atomic E-state index is -0.205. The highest BCUT2D eigenvalue weighted by Crippen LogP contribution is 2.29. The third-order valence-electron chi connectivity index (χ3n) is 2.79. The van der Waals surface area contributed by atoms with Crippen LogP contribution in [0.1, 0.15) is 15.9 Å². The van der Waals surface area contributed by atoms with E-state index in [4.69, 9.17) is 10.5 Å². The van der Waals surface area contributed by atoms with Crippen molar-refractivity contribution in [3.63, 3.8) is 0 Å². The van der Waals surface area contributed by atoms with Gasteiger partial charge in [-0.25, -0.2) is 0 Å². The molecule has 0 saturated heterocycles. The number of para-hydroxylation sites is 1. The average molecular weight is 256 g/mol. The summed E-state index contributed by atoms with van der Waals surface area (Å²) in [4.78, 5) is 11.8. The molecule has 0 fully saturated rings. The number of benzene rings is 2. The summed E-state index contributed by atoms with van der Waals surface area (Å²) in [7, 11) is 1.58. The lowest BCUT2D eigenvalue weighted by Crippen LogP contribution is -2.18. The van der Waals surface area contributed by atoms with Crippen molar-refractivity contribution in [2.24, 2.45) is 0 Å². The number of rotatable bonds is 3. The van der Waals surface area contributed by atoms with Crippen LogP contribution in [-0.4, -0.2) is 13.0 Å². The van der Waals surface area contributed by atoms with Crippen molar-refractivity contribution in [2.45, 2.75) is 6.92 Å². The van der Waals surface area contributed by atoms with Gasteiger partial charge in [0, 0.05) is 18.8 Å². The number of amides is 1. The van der Waals surface area contributed by atoms with Gasteiger partial charge in [-0.2, -0.15) is 0 Å². The topological polar surface area (TPSA) is 64.4 Å². The zero-order chi connectivity index (χ0) is 13.8. The predicted molar refractivity (Wildman–Crippen MR) is 75.5 cm³/mol. The Labute approximate surface area is 112 Å². The van der Waals surface area contributed by atoms with Gasteiger partial charge in [0.25, 0.3) is 5.91 Å². The fourth-order valence-electron chi connectivity index (χ4n) is 1.74. The van der Waals surface area contributed by atoms with E-state index in [1.807, 2.05) is 31.2 Å². The maximum atomic E-state index is 11.8. The zero-order valence-corrected chi connectivity index (χ0v) is 10.9. The molecule has 19 heavy (non-hydrogen) atoms. The van der Waals surface area contributed by atoms with E-state index >= 15 is 0 Å². The molecule has 0 saturated carbocycles. The number of nitrogen functional groups attached to an aromatic ring is 1. The Kier molecular flexibility index (Phi) is 3.71. The van der Waals surface area contributed by atoms with Crippen molar-refractivity contribution in [3.8, 4) is 11.5 Å². The molecular weight excluding hydrogens is 240 g/mol. The lowest BCUT2D eigenvalue weighted by molar-refractivity contribution is 0.0961. The van der Waals surface area contributed by atoms with Gasteiger partial charge < -0.3 is 15.8 Å². The Bertz CT molecular complexity index is 609. The summed E-state index contributed by atoms with van der Waals surface area (Å²) >= 11 is 0. The second-order valence-corrected chi connectivity index (χ2v) is 4.20. The number of carbonyl (C=O) groups is 1. The molecule has 0 unspecified atom stereocenters. The van der Waals surface area contributed by atoms with E-state index in [-0.39, 0.29) is 5.91 Å². The van der Waals surface area contributed by atoms with Crippen LogP contribution in [0.2, 0.25) is 0 Å². The molecule has 4 heteroatoms. The molecule has 3 N–H and O–H groups in total. The lowest BCUT2D eigenvalue weighted by atomic mass is 10.1. The largest absolute Gasteiger partial charge is 0.456 e. The minimum absolute atomic E-state index is 0.205. The molecule has 0 spiro atoms. The SMILES string of the molecule is CNC(=O)c1ccc(N)cc1Oc1ccccc1C. The fourth-order valence-corrected chi connectivity index (χ4v) is 1.74. The molecular formula is C15H16N2O2. The summed E-state index contributed by atoms with van der Waals surface area (Å²) in [6.07, 6.45) is 0. The van der Waals surface area contributed by atoms with E-state index in [9.17, 15) is 4.79 Å². The molecule has 0 bridgehead atoms. The van der Waals surface area contributed by atoms with E-state index in [0.29, 0.717) is 22.7 Å². The normalized spacial score (nSPS) is 10.0. The Balaban J connectivity index is 2.41. The molecule has 4 nitrogen and oxygen atoms in total. The van der Waals surface area contributed by atoms with Crippen molar-refractivity contribution >= 4 is 11.6 Å². The maximum Gasteiger partial charge on any atom is 0.254 e. The number of aryl methyl sites for hydroxylation is 1. The number of ether oxygens (including phenoxy) is 1. The first-order valence-electron chi connectivity index (χ1n) is 5.97. The Morgan fingerprint density at radius 2 is 1.89 bits per heavy atom. The number of hydrogen-bond donors (Lipinski definition) is 2. The quantitative estimate of drug-likeness (QED) is 0.830. The van der Waals surface area contributed by atoms with E-state index in [1.165, 1.54) is 0 Å².